The fourth-order valence-electron chi connectivity index (χ4n) is 3.52. The van der Waals surface area contributed by atoms with Crippen molar-refractivity contribution < 1.29 is 22.7 Å². The summed E-state index contributed by atoms with van der Waals surface area (Å²) in [6, 6.07) is 10.2. The van der Waals surface area contributed by atoms with Gasteiger partial charge in [0.1, 0.15) is 17.1 Å². The number of benzene rings is 2. The number of fused-ring (bicyclic) bond motifs is 1. The Bertz CT molecular complexity index is 1050. The van der Waals surface area contributed by atoms with Gasteiger partial charge in [-0.15, -0.1) is 0 Å². The first-order valence-corrected chi connectivity index (χ1v) is 11.1. The smallest absolute Gasteiger partial charge is 0.252 e. The number of sulfonamides is 1. The van der Waals surface area contributed by atoms with E-state index >= 15 is 0 Å². The summed E-state index contributed by atoms with van der Waals surface area (Å²) in [5, 5.41) is 3.08. The predicted octanol–water partition coefficient (Wildman–Crippen LogP) is 3.41. The van der Waals surface area contributed by atoms with Crippen molar-refractivity contribution in [2.24, 2.45) is 0 Å². The van der Waals surface area contributed by atoms with E-state index in [1.165, 1.54) is 0 Å². The van der Waals surface area contributed by atoms with Gasteiger partial charge in [0.15, 0.2) is 0 Å². The minimum atomic E-state index is -3.44. The summed E-state index contributed by atoms with van der Waals surface area (Å²) in [5.41, 5.74) is 1.75. The molecule has 2 aromatic rings. The van der Waals surface area contributed by atoms with Gasteiger partial charge in [0.2, 0.25) is 10.0 Å². The third-order valence-corrected chi connectivity index (χ3v) is 5.44. The molecule has 0 unspecified atom stereocenters. The lowest BCUT2D eigenvalue weighted by atomic mass is 9.89. The fourth-order valence-corrected chi connectivity index (χ4v) is 4.14. The maximum absolute atomic E-state index is 13.1. The van der Waals surface area contributed by atoms with Crippen LogP contribution in [0.4, 0.5) is 5.69 Å². The summed E-state index contributed by atoms with van der Waals surface area (Å²) in [4.78, 5) is 13.1. The molecule has 156 valence electrons. The zero-order valence-corrected chi connectivity index (χ0v) is 18.0. The zero-order chi connectivity index (χ0) is 21.4. The Hall–Kier alpha value is -2.74. The Morgan fingerprint density at radius 1 is 1.24 bits per heavy atom. The second-order valence-corrected chi connectivity index (χ2v) is 9.60. The quantitative estimate of drug-likeness (QED) is 0.776. The number of carbonyl (C=O) groups excluding carboxylic acids is 1. The van der Waals surface area contributed by atoms with Gasteiger partial charge in [0.25, 0.3) is 5.91 Å². The Labute approximate surface area is 171 Å². The average Bonchev–Trinajstić information content (AvgIpc) is 2.61. The topological polar surface area (TPSA) is 93.7 Å². The Kier molecular flexibility index (Phi) is 5.49. The highest BCUT2D eigenvalue weighted by atomic mass is 32.2. The van der Waals surface area contributed by atoms with Crippen LogP contribution in [0.5, 0.6) is 11.5 Å². The summed E-state index contributed by atoms with van der Waals surface area (Å²) in [7, 11) is -1.85. The minimum absolute atomic E-state index is 0.276. The molecular weight excluding hydrogens is 392 g/mol. The maximum Gasteiger partial charge on any atom is 0.252 e. The highest BCUT2D eigenvalue weighted by Gasteiger charge is 2.35. The first-order valence-electron chi connectivity index (χ1n) is 9.24. The normalized spacial score (nSPS) is 17.6. The van der Waals surface area contributed by atoms with E-state index in [1.807, 2.05) is 32.0 Å². The first-order chi connectivity index (χ1) is 13.5. The van der Waals surface area contributed by atoms with E-state index < -0.39 is 15.6 Å². The molecule has 0 saturated heterocycles. The van der Waals surface area contributed by atoms with Gasteiger partial charge in [-0.1, -0.05) is 6.07 Å². The van der Waals surface area contributed by atoms with Crippen LogP contribution in [0.3, 0.4) is 0 Å². The SMILES string of the molecule is COc1ccc2c(c1)[C@@H](NC(=O)c1cccc(NS(C)(=O)=O)c1C)CC(C)(C)O2. The third-order valence-electron chi connectivity index (χ3n) is 4.85. The molecule has 8 heteroatoms. The van der Waals surface area contributed by atoms with Crippen LogP contribution in [0, 0.1) is 6.92 Å². The van der Waals surface area contributed by atoms with Crippen molar-refractivity contribution in [3.63, 3.8) is 0 Å². The molecule has 1 heterocycles. The molecule has 2 aromatic carbocycles. The molecule has 0 aliphatic carbocycles. The minimum Gasteiger partial charge on any atom is -0.497 e. The molecule has 3 rings (SSSR count). The summed E-state index contributed by atoms with van der Waals surface area (Å²) < 4.78 is 37.0. The van der Waals surface area contributed by atoms with E-state index in [0.29, 0.717) is 34.7 Å². The second-order valence-electron chi connectivity index (χ2n) is 7.85. The standard InChI is InChI=1S/C21H26N2O5S/c1-13-15(7-6-8-17(13)23-29(5,25)26)20(24)22-18-12-21(2,3)28-19-10-9-14(27-4)11-16(18)19/h6-11,18,23H,12H2,1-5H3,(H,22,24)/t18-/m0/s1. The lowest BCUT2D eigenvalue weighted by Crippen LogP contribution is -2.41. The van der Waals surface area contributed by atoms with Gasteiger partial charge in [-0.3, -0.25) is 9.52 Å². The van der Waals surface area contributed by atoms with Gasteiger partial charge in [-0.2, -0.15) is 0 Å². The number of amides is 1. The highest BCUT2D eigenvalue weighted by Crippen LogP contribution is 2.41. The van der Waals surface area contributed by atoms with Crippen molar-refractivity contribution in [1.82, 2.24) is 5.32 Å². The first kappa shape index (κ1) is 21.0. The number of anilines is 1. The number of methoxy groups -OCH3 is 1. The van der Waals surface area contributed by atoms with Crippen LogP contribution < -0.4 is 19.5 Å². The van der Waals surface area contributed by atoms with E-state index in [4.69, 9.17) is 9.47 Å². The molecule has 1 aliphatic heterocycles. The number of hydrogen-bond acceptors (Lipinski definition) is 5. The van der Waals surface area contributed by atoms with Gasteiger partial charge < -0.3 is 14.8 Å². The number of hydrogen-bond donors (Lipinski definition) is 2. The van der Waals surface area contributed by atoms with Crippen LogP contribution in [-0.2, 0) is 10.0 Å². The number of ether oxygens (including phenoxy) is 2. The molecule has 0 spiro atoms. The van der Waals surface area contributed by atoms with Crippen LogP contribution in [0.2, 0.25) is 0 Å². The van der Waals surface area contributed by atoms with Crippen LogP contribution >= 0.6 is 0 Å². The van der Waals surface area contributed by atoms with Gasteiger partial charge in [-0.25, -0.2) is 8.42 Å². The van der Waals surface area contributed by atoms with Crippen molar-refractivity contribution in [1.29, 1.82) is 0 Å². The predicted molar refractivity (Wildman–Crippen MR) is 112 cm³/mol. The highest BCUT2D eigenvalue weighted by molar-refractivity contribution is 7.92. The van der Waals surface area contributed by atoms with Gasteiger partial charge >= 0.3 is 0 Å². The average molecular weight is 419 g/mol. The van der Waals surface area contributed by atoms with E-state index in [-0.39, 0.29) is 11.9 Å². The molecule has 1 aliphatic rings. The molecule has 0 aromatic heterocycles. The monoisotopic (exact) mass is 418 g/mol. The van der Waals surface area contributed by atoms with Crippen molar-refractivity contribution in [3.8, 4) is 11.5 Å². The number of carbonyl (C=O) groups is 1. The van der Waals surface area contributed by atoms with Gasteiger partial charge in [0, 0.05) is 17.5 Å². The summed E-state index contributed by atoms with van der Waals surface area (Å²) in [5.74, 6) is 1.11. The van der Waals surface area contributed by atoms with E-state index in [1.54, 1.807) is 32.2 Å². The van der Waals surface area contributed by atoms with E-state index in [0.717, 1.165) is 11.8 Å². The van der Waals surface area contributed by atoms with Crippen LogP contribution in [-0.4, -0.2) is 33.3 Å². The van der Waals surface area contributed by atoms with Crippen LogP contribution in [0.15, 0.2) is 36.4 Å². The zero-order valence-electron chi connectivity index (χ0n) is 17.2. The molecule has 0 radical (unpaired) electrons. The molecule has 0 bridgehead atoms. The molecule has 0 saturated carbocycles. The van der Waals surface area contributed by atoms with Crippen molar-refractivity contribution >= 4 is 21.6 Å². The van der Waals surface area contributed by atoms with E-state index in [9.17, 15) is 13.2 Å². The molecule has 7 nitrogen and oxygen atoms in total. The van der Waals surface area contributed by atoms with Gasteiger partial charge in [0.05, 0.1) is 25.1 Å². The second kappa shape index (κ2) is 7.59. The van der Waals surface area contributed by atoms with Crippen molar-refractivity contribution in [3.05, 3.63) is 53.1 Å². The van der Waals surface area contributed by atoms with Crippen LogP contribution in [0.1, 0.15) is 47.8 Å². The maximum atomic E-state index is 13.1. The third kappa shape index (κ3) is 4.82. The fraction of sp³-hybridized carbons (Fsp3) is 0.381. The molecule has 0 fully saturated rings. The lowest BCUT2D eigenvalue weighted by molar-refractivity contribution is 0.0618. The van der Waals surface area contributed by atoms with Crippen molar-refractivity contribution in [2.75, 3.05) is 18.1 Å². The van der Waals surface area contributed by atoms with E-state index in [2.05, 4.69) is 10.0 Å². The molecule has 29 heavy (non-hydrogen) atoms. The summed E-state index contributed by atoms with van der Waals surface area (Å²) in [6.07, 6.45) is 1.66. The largest absolute Gasteiger partial charge is 0.497 e. The molecular formula is C21H26N2O5S. The molecule has 2 N–H and O–H groups in total. The molecule has 1 amide bonds. The Morgan fingerprint density at radius 3 is 2.62 bits per heavy atom. The van der Waals surface area contributed by atoms with Crippen LogP contribution in [0.25, 0.3) is 0 Å². The lowest BCUT2D eigenvalue weighted by Gasteiger charge is -2.38. The summed E-state index contributed by atoms with van der Waals surface area (Å²) >= 11 is 0. The molecule has 1 atom stereocenters. The Balaban J connectivity index is 1.92. The number of nitrogens with one attached hydrogen (secondary N) is 2. The number of rotatable bonds is 5. The van der Waals surface area contributed by atoms with Crippen molar-refractivity contribution in [2.45, 2.75) is 38.8 Å². The summed E-state index contributed by atoms with van der Waals surface area (Å²) in [6.45, 7) is 5.66. The Morgan fingerprint density at radius 2 is 1.97 bits per heavy atom. The van der Waals surface area contributed by atoms with Gasteiger partial charge in [-0.05, 0) is 56.7 Å².